The zero-order valence-corrected chi connectivity index (χ0v) is 22.5. The van der Waals surface area contributed by atoms with Gasteiger partial charge in [-0.3, -0.25) is 9.59 Å². The number of para-hydroxylation sites is 1. The molecule has 11 heteroatoms. The number of anilines is 1. The van der Waals surface area contributed by atoms with E-state index in [1.54, 1.807) is 50.4 Å². The minimum Gasteiger partial charge on any atom is -0.482 e. The van der Waals surface area contributed by atoms with Crippen molar-refractivity contribution < 1.29 is 28.3 Å². The van der Waals surface area contributed by atoms with E-state index in [2.05, 4.69) is 10.5 Å². The molecule has 1 aliphatic carbocycles. The van der Waals surface area contributed by atoms with Gasteiger partial charge in [0.05, 0.1) is 29.1 Å². The van der Waals surface area contributed by atoms with Crippen LogP contribution >= 0.6 is 23.2 Å². The van der Waals surface area contributed by atoms with Crippen LogP contribution in [0.2, 0.25) is 10.0 Å². The van der Waals surface area contributed by atoms with Crippen LogP contribution in [-0.2, 0) is 16.0 Å². The fraction of sp³-hybridized carbons (Fsp3) is 0.259. The Labute approximate surface area is 229 Å². The molecular weight excluding hydrogens is 533 g/mol. The van der Waals surface area contributed by atoms with Crippen molar-refractivity contribution in [3.05, 3.63) is 80.7 Å². The van der Waals surface area contributed by atoms with Crippen molar-refractivity contribution in [1.29, 1.82) is 0 Å². The predicted octanol–water partition coefficient (Wildman–Crippen LogP) is 5.19. The summed E-state index contributed by atoms with van der Waals surface area (Å²) < 4.78 is 16.3. The molecular formula is C27H25Cl2N3O6. The highest BCUT2D eigenvalue weighted by molar-refractivity contribution is 6.35. The van der Waals surface area contributed by atoms with Crippen molar-refractivity contribution in [2.45, 2.75) is 26.2 Å². The quantitative estimate of drug-likeness (QED) is 0.316. The van der Waals surface area contributed by atoms with Gasteiger partial charge in [0.15, 0.2) is 12.4 Å². The molecule has 1 N–H and O–H groups in total. The summed E-state index contributed by atoms with van der Waals surface area (Å²) in [5.74, 6) is -0.381. The fourth-order valence-electron chi connectivity index (χ4n) is 4.19. The van der Waals surface area contributed by atoms with Gasteiger partial charge in [0.25, 0.3) is 11.8 Å². The number of nitrogens with zero attached hydrogens (tertiary/aromatic N) is 2. The maximum Gasteiger partial charge on any atom is 0.339 e. The fourth-order valence-corrected chi connectivity index (χ4v) is 4.66. The van der Waals surface area contributed by atoms with Gasteiger partial charge in [0, 0.05) is 29.6 Å². The van der Waals surface area contributed by atoms with E-state index in [1.807, 2.05) is 0 Å². The van der Waals surface area contributed by atoms with E-state index >= 15 is 0 Å². The molecule has 3 aromatic rings. The van der Waals surface area contributed by atoms with Gasteiger partial charge in [-0.25, -0.2) is 10.2 Å². The standard InChI is InChI=1S/C27H25Cl2N3O6/c1-15-24-19(30-31-23(33)14-37-21-12-11-16(28)13-18(21)29)8-6-10-22(24)38-25(15)26(34)32(2)20-9-5-4-7-17(20)27(35)36-3/h4-5,7,9,11-13H,6,8,10,14H2,1-3H3,(H,31,33)/b30-19+. The number of halogens is 2. The largest absolute Gasteiger partial charge is 0.482 e. The molecule has 0 saturated heterocycles. The van der Waals surface area contributed by atoms with Gasteiger partial charge in [-0.2, -0.15) is 5.10 Å². The highest BCUT2D eigenvalue weighted by Crippen LogP contribution is 2.32. The number of amides is 2. The van der Waals surface area contributed by atoms with Crippen LogP contribution in [-0.4, -0.2) is 44.3 Å². The maximum atomic E-state index is 13.4. The summed E-state index contributed by atoms with van der Waals surface area (Å²) in [6.07, 6.45) is 1.95. The number of furan rings is 1. The highest BCUT2D eigenvalue weighted by Gasteiger charge is 2.30. The number of esters is 1. The molecule has 38 heavy (non-hydrogen) atoms. The lowest BCUT2D eigenvalue weighted by Crippen LogP contribution is -2.28. The number of carbonyl (C=O) groups is 3. The summed E-state index contributed by atoms with van der Waals surface area (Å²) in [6, 6.07) is 11.4. The molecule has 0 fully saturated rings. The Hall–Kier alpha value is -3.82. The van der Waals surface area contributed by atoms with Crippen molar-refractivity contribution in [2.75, 3.05) is 25.7 Å². The first-order valence-electron chi connectivity index (χ1n) is 11.7. The van der Waals surface area contributed by atoms with Crippen LogP contribution in [0.1, 0.15) is 50.6 Å². The number of aryl methyl sites for hydroxylation is 1. The third-order valence-corrected chi connectivity index (χ3v) is 6.59. The number of methoxy groups -OCH3 is 1. The van der Waals surface area contributed by atoms with Crippen LogP contribution in [0.3, 0.4) is 0 Å². The summed E-state index contributed by atoms with van der Waals surface area (Å²) >= 11 is 12.0. The molecule has 0 radical (unpaired) electrons. The summed E-state index contributed by atoms with van der Waals surface area (Å²) in [4.78, 5) is 39.3. The van der Waals surface area contributed by atoms with Gasteiger partial charge in [-0.05, 0) is 50.1 Å². The van der Waals surface area contributed by atoms with Crippen molar-refractivity contribution in [1.82, 2.24) is 5.43 Å². The molecule has 1 aliphatic rings. The number of ether oxygens (including phenoxy) is 2. The minimum absolute atomic E-state index is 0.138. The first-order chi connectivity index (χ1) is 18.2. The average molecular weight is 558 g/mol. The van der Waals surface area contributed by atoms with Crippen LogP contribution in [0.4, 0.5) is 5.69 Å². The number of rotatable bonds is 7. The summed E-state index contributed by atoms with van der Waals surface area (Å²) in [5.41, 5.74) is 5.04. The summed E-state index contributed by atoms with van der Waals surface area (Å²) in [5, 5.41) is 5.04. The Balaban J connectivity index is 1.51. The molecule has 4 rings (SSSR count). The second-order valence-corrected chi connectivity index (χ2v) is 9.38. The van der Waals surface area contributed by atoms with Crippen LogP contribution in [0.15, 0.2) is 52.0 Å². The second kappa shape index (κ2) is 11.7. The third kappa shape index (κ3) is 5.69. The molecule has 0 unspecified atom stereocenters. The van der Waals surface area contributed by atoms with Gasteiger partial charge in [0.2, 0.25) is 0 Å². The van der Waals surface area contributed by atoms with Gasteiger partial charge in [0.1, 0.15) is 11.5 Å². The van der Waals surface area contributed by atoms with E-state index in [-0.39, 0.29) is 17.9 Å². The monoisotopic (exact) mass is 557 g/mol. The highest BCUT2D eigenvalue weighted by atomic mass is 35.5. The molecule has 0 bridgehead atoms. The van der Waals surface area contributed by atoms with E-state index in [0.29, 0.717) is 56.9 Å². The number of nitrogens with one attached hydrogen (secondary N) is 1. The van der Waals surface area contributed by atoms with Gasteiger partial charge >= 0.3 is 5.97 Å². The normalized spacial score (nSPS) is 13.6. The summed E-state index contributed by atoms with van der Waals surface area (Å²) in [6.45, 7) is 1.47. The molecule has 2 amide bonds. The molecule has 2 aromatic carbocycles. The molecule has 198 valence electrons. The number of hydrogen-bond donors (Lipinski definition) is 1. The molecule has 0 atom stereocenters. The summed E-state index contributed by atoms with van der Waals surface area (Å²) in [7, 11) is 2.84. The Kier molecular flexibility index (Phi) is 8.38. The minimum atomic E-state index is -0.553. The Morgan fingerprint density at radius 2 is 1.89 bits per heavy atom. The topological polar surface area (TPSA) is 110 Å². The lowest BCUT2D eigenvalue weighted by atomic mass is 9.93. The molecule has 1 aromatic heterocycles. The molecule has 0 saturated carbocycles. The third-order valence-electron chi connectivity index (χ3n) is 6.06. The van der Waals surface area contributed by atoms with E-state index in [4.69, 9.17) is 37.1 Å². The number of fused-ring (bicyclic) bond motifs is 1. The number of carbonyl (C=O) groups excluding carboxylic acids is 3. The van der Waals surface area contributed by atoms with E-state index in [1.165, 1.54) is 18.1 Å². The number of benzene rings is 2. The van der Waals surface area contributed by atoms with Crippen molar-refractivity contribution in [3.8, 4) is 5.75 Å². The van der Waals surface area contributed by atoms with Gasteiger partial charge < -0.3 is 18.8 Å². The van der Waals surface area contributed by atoms with Crippen LogP contribution in [0.5, 0.6) is 5.75 Å². The number of hydrazone groups is 1. The first-order valence-corrected chi connectivity index (χ1v) is 12.5. The maximum absolute atomic E-state index is 13.4. The van der Waals surface area contributed by atoms with Crippen molar-refractivity contribution in [2.24, 2.45) is 5.10 Å². The average Bonchev–Trinajstić information content (AvgIpc) is 3.26. The van der Waals surface area contributed by atoms with Crippen molar-refractivity contribution >= 4 is 52.4 Å². The van der Waals surface area contributed by atoms with Gasteiger partial charge in [-0.1, -0.05) is 35.3 Å². The smallest absolute Gasteiger partial charge is 0.339 e. The Bertz CT molecular complexity index is 1430. The first kappa shape index (κ1) is 27.2. The Morgan fingerprint density at radius 3 is 2.63 bits per heavy atom. The van der Waals surface area contributed by atoms with E-state index < -0.39 is 17.8 Å². The van der Waals surface area contributed by atoms with E-state index in [0.717, 1.165) is 6.42 Å². The van der Waals surface area contributed by atoms with Crippen LogP contribution in [0.25, 0.3) is 0 Å². The molecule has 1 heterocycles. The molecule has 0 aliphatic heterocycles. The van der Waals surface area contributed by atoms with Crippen molar-refractivity contribution in [3.63, 3.8) is 0 Å². The zero-order chi connectivity index (χ0) is 27.4. The van der Waals surface area contributed by atoms with Crippen LogP contribution in [0, 0.1) is 6.92 Å². The lowest BCUT2D eigenvalue weighted by molar-refractivity contribution is -0.123. The van der Waals surface area contributed by atoms with E-state index in [9.17, 15) is 14.4 Å². The second-order valence-electron chi connectivity index (χ2n) is 8.54. The number of hydrogen-bond acceptors (Lipinski definition) is 7. The predicted molar refractivity (Wildman–Crippen MR) is 144 cm³/mol. The lowest BCUT2D eigenvalue weighted by Gasteiger charge is -2.19. The molecule has 0 spiro atoms. The van der Waals surface area contributed by atoms with Crippen LogP contribution < -0.4 is 15.1 Å². The zero-order valence-electron chi connectivity index (χ0n) is 21.0. The molecule has 9 nitrogen and oxygen atoms in total. The van der Waals surface area contributed by atoms with Gasteiger partial charge in [-0.15, -0.1) is 0 Å². The SMILES string of the molecule is COC(=O)c1ccccc1N(C)C(=O)c1oc2c(c1C)/C(=N/NC(=O)COc1ccc(Cl)cc1Cl)CCC2. The Morgan fingerprint density at radius 1 is 1.13 bits per heavy atom.